The topological polar surface area (TPSA) is 57.4 Å². The van der Waals surface area contributed by atoms with Gasteiger partial charge in [-0.25, -0.2) is 0 Å². The van der Waals surface area contributed by atoms with Crippen LogP contribution in [0.2, 0.25) is 0 Å². The van der Waals surface area contributed by atoms with Crippen molar-refractivity contribution in [3.63, 3.8) is 0 Å². The van der Waals surface area contributed by atoms with Gasteiger partial charge in [-0.15, -0.1) is 0 Å². The molecule has 1 aliphatic carbocycles. The van der Waals surface area contributed by atoms with Crippen molar-refractivity contribution in [2.45, 2.75) is 37.1 Å². The fourth-order valence-electron chi connectivity index (χ4n) is 6.48. The van der Waals surface area contributed by atoms with Crippen LogP contribution in [0.25, 0.3) is 10.9 Å². The number of benzene rings is 1. The number of carbonyl (C=O) groups is 1. The molecule has 3 fully saturated rings. The zero-order valence-corrected chi connectivity index (χ0v) is 16.3. The van der Waals surface area contributed by atoms with Gasteiger partial charge in [0, 0.05) is 35.7 Å². The number of esters is 1. The van der Waals surface area contributed by atoms with Gasteiger partial charge in [0.2, 0.25) is 0 Å². The first-order valence-corrected chi connectivity index (χ1v) is 10.3. The van der Waals surface area contributed by atoms with E-state index < -0.39 is 5.41 Å². The van der Waals surface area contributed by atoms with Crippen molar-refractivity contribution in [1.29, 1.82) is 0 Å². The number of nitrogens with one attached hydrogen (secondary N) is 2. The van der Waals surface area contributed by atoms with E-state index in [1.54, 1.807) is 7.11 Å². The van der Waals surface area contributed by atoms with E-state index in [2.05, 4.69) is 39.5 Å². The maximum absolute atomic E-state index is 13.4. The number of piperidine rings is 2. The number of ether oxygens (including phenoxy) is 1. The molecule has 2 aromatic rings. The SMILES string of the molecule is CNCC[C@H]1C[C@H]2CN3CCc4c([nH]c5ccccc45)[C@](C(=O)OC)(C2)[C@H]13. The Morgan fingerprint density at radius 3 is 3.07 bits per heavy atom. The van der Waals surface area contributed by atoms with Gasteiger partial charge in [0.25, 0.3) is 0 Å². The summed E-state index contributed by atoms with van der Waals surface area (Å²) in [6, 6.07) is 8.72. The minimum Gasteiger partial charge on any atom is -0.468 e. The predicted molar refractivity (Wildman–Crippen MR) is 106 cm³/mol. The van der Waals surface area contributed by atoms with E-state index in [4.69, 9.17) is 4.74 Å². The van der Waals surface area contributed by atoms with Crippen LogP contribution < -0.4 is 5.32 Å². The molecule has 4 aliphatic rings. The summed E-state index contributed by atoms with van der Waals surface area (Å²) in [6.07, 6.45) is 4.26. The van der Waals surface area contributed by atoms with Crippen molar-refractivity contribution in [2.24, 2.45) is 11.8 Å². The lowest BCUT2D eigenvalue weighted by atomic mass is 9.56. The molecule has 5 nitrogen and oxygen atoms in total. The smallest absolute Gasteiger partial charge is 0.319 e. The van der Waals surface area contributed by atoms with Crippen LogP contribution in [-0.2, 0) is 21.4 Å². The van der Waals surface area contributed by atoms with Gasteiger partial charge >= 0.3 is 5.97 Å². The van der Waals surface area contributed by atoms with Crippen molar-refractivity contribution in [2.75, 3.05) is 33.8 Å². The van der Waals surface area contributed by atoms with Gasteiger partial charge in [-0.05, 0) is 62.7 Å². The molecule has 2 saturated heterocycles. The number of methoxy groups -OCH3 is 1. The molecule has 5 atom stereocenters. The van der Waals surface area contributed by atoms with Crippen LogP contribution in [0.3, 0.4) is 0 Å². The van der Waals surface area contributed by atoms with E-state index in [0.29, 0.717) is 11.8 Å². The Labute approximate surface area is 160 Å². The Bertz CT molecular complexity index is 876. The molecule has 1 aromatic heterocycles. The molecule has 4 heterocycles. The molecule has 144 valence electrons. The third-order valence-electron chi connectivity index (χ3n) is 7.31. The fourth-order valence-corrected chi connectivity index (χ4v) is 6.48. The Kier molecular flexibility index (Phi) is 4.06. The highest BCUT2D eigenvalue weighted by Crippen LogP contribution is 2.55. The second-order valence-corrected chi connectivity index (χ2v) is 8.64. The number of para-hydroxylation sites is 1. The highest BCUT2D eigenvalue weighted by atomic mass is 16.5. The van der Waals surface area contributed by atoms with E-state index in [1.165, 1.54) is 17.4 Å². The molecular formula is C22H29N3O2. The summed E-state index contributed by atoms with van der Waals surface area (Å²) < 4.78 is 5.48. The summed E-state index contributed by atoms with van der Waals surface area (Å²) in [5.74, 6) is 1.04. The summed E-state index contributed by atoms with van der Waals surface area (Å²) >= 11 is 0. The standard InChI is InChI=1S/C22H29N3O2/c1-23-9-7-15-11-14-12-22(21(26)27-2)19-17(8-10-25(13-14)20(15)22)16-5-3-4-6-18(16)24-19/h3-6,14-15,20,23-24H,7-13H2,1-2H3/t14-,15+,20+,22-/m1/s1. The van der Waals surface area contributed by atoms with E-state index >= 15 is 0 Å². The van der Waals surface area contributed by atoms with Crippen molar-refractivity contribution < 1.29 is 9.53 Å². The Morgan fingerprint density at radius 1 is 1.41 bits per heavy atom. The molecule has 1 aromatic carbocycles. The molecule has 6 rings (SSSR count). The van der Waals surface area contributed by atoms with Gasteiger partial charge < -0.3 is 15.0 Å². The monoisotopic (exact) mass is 367 g/mol. The minimum absolute atomic E-state index is 0.0499. The lowest BCUT2D eigenvalue weighted by molar-refractivity contribution is -0.162. The van der Waals surface area contributed by atoms with Crippen molar-refractivity contribution in [3.8, 4) is 0 Å². The van der Waals surface area contributed by atoms with E-state index in [-0.39, 0.29) is 12.0 Å². The maximum atomic E-state index is 13.4. The Hall–Kier alpha value is -1.85. The van der Waals surface area contributed by atoms with Crippen molar-refractivity contribution >= 4 is 16.9 Å². The van der Waals surface area contributed by atoms with Crippen LogP contribution in [0.4, 0.5) is 0 Å². The van der Waals surface area contributed by atoms with E-state index in [1.807, 2.05) is 7.05 Å². The molecule has 4 bridgehead atoms. The fraction of sp³-hybridized carbons (Fsp3) is 0.591. The zero-order valence-electron chi connectivity index (χ0n) is 16.3. The molecule has 27 heavy (non-hydrogen) atoms. The number of hydrogen-bond donors (Lipinski definition) is 2. The van der Waals surface area contributed by atoms with Crippen LogP contribution in [0.5, 0.6) is 0 Å². The minimum atomic E-state index is -0.556. The lowest BCUT2D eigenvalue weighted by Gasteiger charge is -2.58. The first kappa shape index (κ1) is 17.3. The van der Waals surface area contributed by atoms with Crippen molar-refractivity contribution in [1.82, 2.24) is 15.2 Å². The number of aromatic amines is 1. The summed E-state index contributed by atoms with van der Waals surface area (Å²) in [7, 11) is 3.57. The van der Waals surface area contributed by atoms with Crippen LogP contribution in [0.15, 0.2) is 24.3 Å². The van der Waals surface area contributed by atoms with Gasteiger partial charge in [-0.2, -0.15) is 0 Å². The molecule has 0 radical (unpaired) electrons. The quantitative estimate of drug-likeness (QED) is 0.815. The second-order valence-electron chi connectivity index (χ2n) is 8.64. The molecule has 1 unspecified atom stereocenters. The molecule has 2 N–H and O–H groups in total. The van der Waals surface area contributed by atoms with E-state index in [9.17, 15) is 4.79 Å². The highest BCUT2D eigenvalue weighted by molar-refractivity contribution is 5.91. The largest absolute Gasteiger partial charge is 0.468 e. The van der Waals surface area contributed by atoms with Gasteiger partial charge in [0.15, 0.2) is 0 Å². The Morgan fingerprint density at radius 2 is 2.26 bits per heavy atom. The zero-order chi connectivity index (χ0) is 18.6. The number of H-pyrrole nitrogens is 1. The molecule has 5 heteroatoms. The number of rotatable bonds is 4. The molecule has 1 saturated carbocycles. The van der Waals surface area contributed by atoms with Crippen LogP contribution in [0.1, 0.15) is 30.5 Å². The second kappa shape index (κ2) is 6.35. The van der Waals surface area contributed by atoms with Crippen molar-refractivity contribution in [3.05, 3.63) is 35.5 Å². The third-order valence-corrected chi connectivity index (χ3v) is 7.31. The van der Waals surface area contributed by atoms with Gasteiger partial charge in [0.05, 0.1) is 7.11 Å². The highest BCUT2D eigenvalue weighted by Gasteiger charge is 2.62. The number of nitrogens with zero attached hydrogens (tertiary/aromatic N) is 1. The number of carbonyl (C=O) groups excluding carboxylic acids is 1. The van der Waals surface area contributed by atoms with Gasteiger partial charge in [0.1, 0.15) is 5.41 Å². The van der Waals surface area contributed by atoms with E-state index in [0.717, 1.165) is 50.1 Å². The molecule has 0 spiro atoms. The summed E-state index contributed by atoms with van der Waals surface area (Å²) in [4.78, 5) is 19.7. The average Bonchev–Trinajstić information content (AvgIpc) is 3.04. The molecule has 3 aliphatic heterocycles. The first-order valence-electron chi connectivity index (χ1n) is 10.3. The summed E-state index contributed by atoms with van der Waals surface area (Å²) in [5.41, 5.74) is 3.06. The first-order chi connectivity index (χ1) is 13.2. The van der Waals surface area contributed by atoms with Gasteiger partial charge in [-0.3, -0.25) is 9.69 Å². The van der Waals surface area contributed by atoms with Gasteiger partial charge in [-0.1, -0.05) is 18.2 Å². The van der Waals surface area contributed by atoms with Crippen LogP contribution >= 0.6 is 0 Å². The molecular weight excluding hydrogens is 338 g/mol. The lowest BCUT2D eigenvalue weighted by Crippen LogP contribution is -2.67. The van der Waals surface area contributed by atoms with Crippen LogP contribution in [-0.4, -0.2) is 55.7 Å². The molecule has 0 amide bonds. The summed E-state index contributed by atoms with van der Waals surface area (Å²) in [6.45, 7) is 3.16. The number of hydrogen-bond acceptors (Lipinski definition) is 4. The summed E-state index contributed by atoms with van der Waals surface area (Å²) in [5, 5.41) is 4.58. The number of fused-ring (bicyclic) bond motifs is 4. The number of aromatic nitrogens is 1. The maximum Gasteiger partial charge on any atom is 0.319 e. The normalized spacial score (nSPS) is 34.3. The predicted octanol–water partition coefficient (Wildman–Crippen LogP) is 2.45. The average molecular weight is 367 g/mol. The van der Waals surface area contributed by atoms with Crippen LogP contribution in [0, 0.1) is 11.8 Å². The Balaban J connectivity index is 1.72. The third kappa shape index (κ3) is 2.34.